The van der Waals surface area contributed by atoms with E-state index in [4.69, 9.17) is 4.74 Å². The van der Waals surface area contributed by atoms with Crippen LogP contribution in [0.4, 0.5) is 22.0 Å². The van der Waals surface area contributed by atoms with E-state index in [9.17, 15) is 30.8 Å². The van der Waals surface area contributed by atoms with Crippen LogP contribution in [0.1, 0.15) is 26.5 Å². The summed E-state index contributed by atoms with van der Waals surface area (Å²) in [6.45, 7) is 8.87. The molecule has 0 saturated heterocycles. The number of carbonyl (C=O) groups excluding carboxylic acids is 1. The van der Waals surface area contributed by atoms with Crippen LogP contribution in [-0.2, 0) is 28.0 Å². The van der Waals surface area contributed by atoms with E-state index in [0.717, 1.165) is 23.5 Å². The molecule has 0 radical (unpaired) electrons. The zero-order chi connectivity index (χ0) is 31.4. The zero-order valence-corrected chi connectivity index (χ0v) is 24.4. The summed E-state index contributed by atoms with van der Waals surface area (Å²) >= 11 is 0.938. The number of hydrogen-bond donors (Lipinski definition) is 0. The predicted octanol–water partition coefficient (Wildman–Crippen LogP) is 6.04. The number of pyridine rings is 1. The highest BCUT2D eigenvalue weighted by Crippen LogP contribution is 2.47. The molecule has 1 aliphatic rings. The fraction of sp³-hybridized carbons (Fsp3) is 0.296. The molecule has 0 N–H and O–H groups in total. The number of aromatic nitrogens is 3. The maximum Gasteiger partial charge on any atom is 0.534 e. The van der Waals surface area contributed by atoms with Crippen molar-refractivity contribution in [2.24, 2.45) is 0 Å². The molecular formula is C27H23F5N4O5S2. The average molecular weight is 643 g/mol. The Kier molecular flexibility index (Phi) is 7.71. The van der Waals surface area contributed by atoms with Crippen molar-refractivity contribution >= 4 is 37.4 Å². The molecule has 1 amide bonds. The normalized spacial score (nSPS) is 15.6. The molecule has 4 aromatic rings. The molecule has 0 saturated carbocycles. The highest BCUT2D eigenvalue weighted by atomic mass is 32.2. The lowest BCUT2D eigenvalue weighted by atomic mass is 9.98. The second kappa shape index (κ2) is 10.9. The summed E-state index contributed by atoms with van der Waals surface area (Å²) in [5, 5.41) is 5.78. The van der Waals surface area contributed by atoms with Gasteiger partial charge in [-0.15, -0.1) is 11.3 Å². The molecule has 1 atom stereocenters. The van der Waals surface area contributed by atoms with Crippen LogP contribution in [0.15, 0.2) is 42.3 Å². The predicted molar refractivity (Wildman–Crippen MR) is 148 cm³/mol. The lowest BCUT2D eigenvalue weighted by Crippen LogP contribution is -2.44. The fourth-order valence-corrected chi connectivity index (χ4v) is 6.08. The van der Waals surface area contributed by atoms with Gasteiger partial charge in [0, 0.05) is 23.7 Å². The third-order valence-corrected chi connectivity index (χ3v) is 8.42. The molecule has 0 aliphatic carbocycles. The summed E-state index contributed by atoms with van der Waals surface area (Å²) < 4.78 is 106. The van der Waals surface area contributed by atoms with Crippen LogP contribution in [0, 0.1) is 11.6 Å². The second-order valence-corrected chi connectivity index (χ2v) is 12.4. The molecule has 228 valence electrons. The van der Waals surface area contributed by atoms with Crippen molar-refractivity contribution in [1.82, 2.24) is 19.7 Å². The number of rotatable bonds is 7. The van der Waals surface area contributed by atoms with Gasteiger partial charge >= 0.3 is 15.6 Å². The van der Waals surface area contributed by atoms with Gasteiger partial charge in [0.25, 0.3) is 0 Å². The number of halogens is 5. The molecule has 9 nitrogen and oxygen atoms in total. The van der Waals surface area contributed by atoms with Gasteiger partial charge in [0.1, 0.15) is 28.8 Å². The first kappa shape index (κ1) is 30.4. The maximum atomic E-state index is 15.7. The average Bonchev–Trinajstić information content (AvgIpc) is 3.54. The van der Waals surface area contributed by atoms with E-state index in [1.54, 1.807) is 25.5 Å². The second-order valence-electron chi connectivity index (χ2n) is 9.94. The number of ether oxygens (including phenoxy) is 1. The molecule has 0 bridgehead atoms. The van der Waals surface area contributed by atoms with Gasteiger partial charge in [-0.25, -0.2) is 13.8 Å². The minimum Gasteiger partial charge on any atom is -0.490 e. The number of carbonyl (C=O) groups is 1. The Labute approximate surface area is 246 Å². The summed E-state index contributed by atoms with van der Waals surface area (Å²) in [7, 11) is -6.15. The number of fused-ring (bicyclic) bond motifs is 2. The molecular weight excluding hydrogens is 619 g/mol. The first-order chi connectivity index (χ1) is 20.1. The van der Waals surface area contributed by atoms with E-state index in [1.165, 1.54) is 22.4 Å². The van der Waals surface area contributed by atoms with Crippen LogP contribution >= 0.6 is 11.3 Å². The van der Waals surface area contributed by atoms with Crippen LogP contribution in [0.2, 0.25) is 0 Å². The first-order valence-electron chi connectivity index (χ1n) is 12.7. The molecule has 43 heavy (non-hydrogen) atoms. The first-order valence-corrected chi connectivity index (χ1v) is 15.0. The van der Waals surface area contributed by atoms with Gasteiger partial charge in [-0.3, -0.25) is 9.48 Å². The van der Waals surface area contributed by atoms with Crippen molar-refractivity contribution in [3.8, 4) is 34.1 Å². The Morgan fingerprint density at radius 1 is 1.21 bits per heavy atom. The molecule has 1 aromatic carbocycles. The number of thiophene rings is 1. The van der Waals surface area contributed by atoms with Gasteiger partial charge in [-0.2, -0.15) is 26.7 Å². The largest absolute Gasteiger partial charge is 0.534 e. The summed E-state index contributed by atoms with van der Waals surface area (Å²) in [6, 6.07) is 4.02. The van der Waals surface area contributed by atoms with Gasteiger partial charge in [0.15, 0.2) is 0 Å². The van der Waals surface area contributed by atoms with Gasteiger partial charge in [0.2, 0.25) is 11.8 Å². The van der Waals surface area contributed by atoms with E-state index >= 15 is 4.39 Å². The lowest BCUT2D eigenvalue weighted by molar-refractivity contribution is -0.129. The molecule has 3 aromatic heterocycles. The highest BCUT2D eigenvalue weighted by molar-refractivity contribution is 7.88. The zero-order valence-electron chi connectivity index (χ0n) is 22.8. The summed E-state index contributed by atoms with van der Waals surface area (Å²) in [5.74, 6) is -3.47. The third kappa shape index (κ3) is 5.56. The number of amides is 1. The van der Waals surface area contributed by atoms with E-state index in [-0.39, 0.29) is 63.4 Å². The smallest absolute Gasteiger partial charge is 0.490 e. The Bertz CT molecular complexity index is 1870. The van der Waals surface area contributed by atoms with E-state index in [1.807, 2.05) is 0 Å². The maximum absolute atomic E-state index is 15.7. The highest BCUT2D eigenvalue weighted by Gasteiger charge is 2.49. The van der Waals surface area contributed by atoms with E-state index in [0.29, 0.717) is 11.8 Å². The van der Waals surface area contributed by atoms with Crippen LogP contribution in [0.3, 0.4) is 0 Å². The van der Waals surface area contributed by atoms with Crippen LogP contribution in [0.25, 0.3) is 32.6 Å². The van der Waals surface area contributed by atoms with Crippen molar-refractivity contribution in [3.63, 3.8) is 0 Å². The minimum atomic E-state index is -6.15. The Balaban J connectivity index is 1.81. The molecule has 16 heteroatoms. The summed E-state index contributed by atoms with van der Waals surface area (Å²) in [5.41, 5.74) is -5.80. The molecule has 5 rings (SSSR count). The van der Waals surface area contributed by atoms with Crippen molar-refractivity contribution in [1.29, 1.82) is 0 Å². The topological polar surface area (TPSA) is 104 Å². The number of alkyl halides is 3. The van der Waals surface area contributed by atoms with Gasteiger partial charge in [0.05, 0.1) is 40.5 Å². The van der Waals surface area contributed by atoms with Crippen LogP contribution < -0.4 is 8.92 Å². The SMILES string of the molecule is C=CC(=O)N1Cc2cc(-c3nc(OS(=O)(=O)C(F)(F)F)c4ccsc4c3-c3c(F)cc(F)cc3OC(C)C)nn2C[C@H]1C. The molecule has 0 unspecified atom stereocenters. The Morgan fingerprint density at radius 3 is 2.58 bits per heavy atom. The minimum absolute atomic E-state index is 0.00822. The number of benzene rings is 1. The molecule has 0 fully saturated rings. The van der Waals surface area contributed by atoms with Crippen LogP contribution in [0.5, 0.6) is 11.6 Å². The van der Waals surface area contributed by atoms with Gasteiger partial charge in [-0.1, -0.05) is 6.58 Å². The summed E-state index contributed by atoms with van der Waals surface area (Å²) in [6.07, 6.45) is 0.621. The van der Waals surface area contributed by atoms with Crippen LogP contribution in [-0.4, -0.2) is 51.6 Å². The van der Waals surface area contributed by atoms with Gasteiger partial charge in [-0.05, 0) is 44.4 Å². The Hall–Kier alpha value is -4.05. The molecule has 1 aliphatic heterocycles. The van der Waals surface area contributed by atoms with Crippen molar-refractivity contribution < 1.29 is 44.1 Å². The van der Waals surface area contributed by atoms with Crippen molar-refractivity contribution in [2.75, 3.05) is 0 Å². The van der Waals surface area contributed by atoms with E-state index < -0.39 is 39.2 Å². The molecule has 4 heterocycles. The number of hydrogen-bond acceptors (Lipinski definition) is 8. The van der Waals surface area contributed by atoms with Crippen molar-refractivity contribution in [2.45, 2.75) is 51.5 Å². The Morgan fingerprint density at radius 2 is 1.93 bits per heavy atom. The summed E-state index contributed by atoms with van der Waals surface area (Å²) in [4.78, 5) is 18.1. The number of nitrogens with zero attached hydrogens (tertiary/aromatic N) is 4. The standard InChI is InChI=1S/C27H23F5N4O5S2/c1-5-21(37)35-12-16-10-19(34-36(16)11-14(35)4)24-23(22-18(29)8-15(28)9-20(22)40-13(2)3)25-17(6-7-42-25)26(33-24)41-43(38,39)27(30,31)32/h5-10,13-14H,1,11-12H2,2-4H3/t14-/m1/s1. The van der Waals surface area contributed by atoms with Gasteiger partial charge < -0.3 is 13.8 Å². The quantitative estimate of drug-likeness (QED) is 0.105. The lowest BCUT2D eigenvalue weighted by Gasteiger charge is -2.33. The van der Waals surface area contributed by atoms with E-state index in [2.05, 4.69) is 20.8 Å². The monoisotopic (exact) mass is 642 g/mol. The fourth-order valence-electron chi connectivity index (χ4n) is 4.72. The van der Waals surface area contributed by atoms with Crippen molar-refractivity contribution in [3.05, 3.63) is 59.6 Å². The third-order valence-electron chi connectivity index (χ3n) is 6.54. The molecule has 0 spiro atoms.